The van der Waals surface area contributed by atoms with E-state index in [0.29, 0.717) is 18.6 Å². The average Bonchev–Trinajstić information content (AvgIpc) is 3.68. The zero-order valence-electron chi connectivity index (χ0n) is 24.1. The van der Waals surface area contributed by atoms with Crippen LogP contribution in [0.3, 0.4) is 0 Å². The molecule has 9 rings (SSSR count). The van der Waals surface area contributed by atoms with Crippen molar-refractivity contribution in [1.29, 1.82) is 0 Å². The standard InChI is InChI=1S/C34H44NO4/c1-22-5-7-24(8-6-22)20-38-21-26-18-32-13-14-34(26,37-4)31-33(32)15-16-35(2,19-23-9-10-23)28(32)17-25-11-12-27(36-3)30(39-31)29(25)33/h5-8,11-12,23,26,28,31H,9-10,13-21H2,1-4H3/q+1/t26-,28?,31-,32-,33+,34-,35?/m1/s1. The zero-order chi connectivity index (χ0) is 26.6. The molecule has 5 nitrogen and oxygen atoms in total. The Morgan fingerprint density at radius 2 is 1.85 bits per heavy atom. The van der Waals surface area contributed by atoms with Gasteiger partial charge < -0.3 is 23.4 Å². The molecular formula is C34H44NO4+. The van der Waals surface area contributed by atoms with Gasteiger partial charge in [0.1, 0.15) is 11.7 Å². The average molecular weight is 531 g/mol. The molecule has 2 spiro atoms. The number of hydrogen-bond acceptors (Lipinski definition) is 4. The van der Waals surface area contributed by atoms with Gasteiger partial charge in [0.25, 0.3) is 0 Å². The first-order chi connectivity index (χ1) is 18.9. The largest absolute Gasteiger partial charge is 0.493 e. The van der Waals surface area contributed by atoms with E-state index in [4.69, 9.17) is 18.9 Å². The number of hydrogen-bond donors (Lipinski definition) is 0. The molecule has 5 fully saturated rings. The third kappa shape index (κ3) is 3.08. The highest BCUT2D eigenvalue weighted by Gasteiger charge is 2.83. The van der Waals surface area contributed by atoms with Crippen LogP contribution in [-0.2, 0) is 27.9 Å². The predicted octanol–water partition coefficient (Wildman–Crippen LogP) is 5.59. The van der Waals surface area contributed by atoms with Gasteiger partial charge in [0.2, 0.25) is 0 Å². The van der Waals surface area contributed by atoms with E-state index in [0.717, 1.165) is 36.9 Å². The monoisotopic (exact) mass is 530 g/mol. The maximum Gasteiger partial charge on any atom is 0.165 e. The van der Waals surface area contributed by atoms with Gasteiger partial charge in [-0.2, -0.15) is 0 Å². The van der Waals surface area contributed by atoms with Crippen LogP contribution in [0.5, 0.6) is 11.5 Å². The zero-order valence-corrected chi connectivity index (χ0v) is 24.1. The van der Waals surface area contributed by atoms with E-state index in [1.807, 2.05) is 7.11 Å². The molecule has 0 amide bonds. The summed E-state index contributed by atoms with van der Waals surface area (Å²) in [6, 6.07) is 13.9. The van der Waals surface area contributed by atoms with E-state index in [9.17, 15) is 0 Å². The van der Waals surface area contributed by atoms with Crippen molar-refractivity contribution in [2.45, 2.75) is 81.6 Å². The molecular weight excluding hydrogens is 486 g/mol. The summed E-state index contributed by atoms with van der Waals surface area (Å²) in [5, 5.41) is 0. The number of rotatable bonds is 8. The van der Waals surface area contributed by atoms with Crippen LogP contribution in [0.25, 0.3) is 0 Å². The lowest BCUT2D eigenvalue weighted by Gasteiger charge is -2.74. The van der Waals surface area contributed by atoms with E-state index in [1.54, 1.807) is 7.11 Å². The summed E-state index contributed by atoms with van der Waals surface area (Å²) >= 11 is 0. The number of fused-ring (bicyclic) bond motifs is 2. The Kier molecular flexibility index (Phi) is 5.22. The van der Waals surface area contributed by atoms with Crippen LogP contribution < -0.4 is 9.47 Å². The molecule has 208 valence electrons. The molecule has 2 unspecified atom stereocenters. The summed E-state index contributed by atoms with van der Waals surface area (Å²) in [4.78, 5) is 0. The third-order valence-corrected chi connectivity index (χ3v) is 12.4. The van der Waals surface area contributed by atoms with Gasteiger partial charge in [0.15, 0.2) is 11.5 Å². The van der Waals surface area contributed by atoms with Crippen molar-refractivity contribution in [3.05, 3.63) is 58.7 Å². The first kappa shape index (κ1) is 24.7. The number of aryl methyl sites for hydroxylation is 1. The summed E-state index contributed by atoms with van der Waals surface area (Å²) in [7, 11) is 6.32. The fraction of sp³-hybridized carbons (Fsp3) is 0.647. The highest BCUT2D eigenvalue weighted by atomic mass is 16.6. The highest BCUT2D eigenvalue weighted by Crippen LogP contribution is 2.77. The first-order valence-corrected chi connectivity index (χ1v) is 15.3. The topological polar surface area (TPSA) is 36.9 Å². The van der Waals surface area contributed by atoms with E-state index >= 15 is 0 Å². The van der Waals surface area contributed by atoms with Gasteiger partial charge in [-0.1, -0.05) is 35.9 Å². The number of methoxy groups -OCH3 is 2. The maximum absolute atomic E-state index is 7.18. The van der Waals surface area contributed by atoms with Crippen LogP contribution in [0.2, 0.25) is 0 Å². The van der Waals surface area contributed by atoms with Crippen molar-refractivity contribution in [3.8, 4) is 11.5 Å². The summed E-state index contributed by atoms with van der Waals surface area (Å²) in [6.07, 6.45) is 8.67. The molecule has 2 aromatic carbocycles. The third-order valence-electron chi connectivity index (χ3n) is 12.4. The molecule has 7 aliphatic rings. The molecule has 4 bridgehead atoms. The first-order valence-electron chi connectivity index (χ1n) is 15.3. The summed E-state index contributed by atoms with van der Waals surface area (Å²) in [6.45, 7) is 6.09. The second-order valence-electron chi connectivity index (χ2n) is 14.1. The van der Waals surface area contributed by atoms with Gasteiger partial charge in [-0.3, -0.25) is 0 Å². The van der Waals surface area contributed by atoms with Crippen LogP contribution in [0.15, 0.2) is 36.4 Å². The van der Waals surface area contributed by atoms with E-state index < -0.39 is 0 Å². The van der Waals surface area contributed by atoms with Crippen molar-refractivity contribution in [2.24, 2.45) is 17.3 Å². The minimum atomic E-state index is -0.338. The van der Waals surface area contributed by atoms with Crippen molar-refractivity contribution < 1.29 is 23.4 Å². The van der Waals surface area contributed by atoms with Crippen molar-refractivity contribution in [3.63, 3.8) is 0 Å². The molecule has 0 aromatic heterocycles. The molecule has 0 radical (unpaired) electrons. The Morgan fingerprint density at radius 1 is 1.03 bits per heavy atom. The lowest BCUT2D eigenvalue weighted by atomic mass is 9.34. The molecule has 5 heteroatoms. The minimum absolute atomic E-state index is 0.0121. The number of likely N-dealkylation sites (N-methyl/N-ethyl adjacent to an activating group) is 1. The molecule has 7 atom stereocenters. The van der Waals surface area contributed by atoms with Gasteiger partial charge in [-0.05, 0) is 56.2 Å². The smallest absolute Gasteiger partial charge is 0.165 e. The van der Waals surface area contributed by atoms with Crippen LogP contribution >= 0.6 is 0 Å². The van der Waals surface area contributed by atoms with Gasteiger partial charge in [-0.15, -0.1) is 0 Å². The van der Waals surface area contributed by atoms with Crippen LogP contribution in [0.4, 0.5) is 0 Å². The van der Waals surface area contributed by atoms with E-state index in [1.165, 1.54) is 71.9 Å². The van der Waals surface area contributed by atoms with Crippen molar-refractivity contribution in [1.82, 2.24) is 0 Å². The number of nitrogens with zero attached hydrogens (tertiary/aromatic N) is 1. The molecule has 2 aliphatic heterocycles. The quantitative estimate of drug-likeness (QED) is 0.417. The summed E-state index contributed by atoms with van der Waals surface area (Å²) in [5.41, 5.74) is 5.41. The maximum atomic E-state index is 7.18. The van der Waals surface area contributed by atoms with E-state index in [2.05, 4.69) is 50.4 Å². The fourth-order valence-electron chi connectivity index (χ4n) is 10.6. The second-order valence-corrected chi connectivity index (χ2v) is 14.1. The van der Waals surface area contributed by atoms with Gasteiger partial charge >= 0.3 is 0 Å². The fourth-order valence-corrected chi connectivity index (χ4v) is 10.6. The molecule has 4 saturated carbocycles. The van der Waals surface area contributed by atoms with Crippen molar-refractivity contribution >= 4 is 0 Å². The SMILES string of the molecule is COc1ccc2c3c1O[C@H]1[C@@]4(OC)CC[C@@]5(C[C@@H]4COCc4ccc(C)cc4)C(C2)[N+](C)(CC2CC2)CC[C@]315. The molecule has 1 saturated heterocycles. The Hall–Kier alpha value is -2.08. The van der Waals surface area contributed by atoms with Gasteiger partial charge in [-0.25, -0.2) is 0 Å². The lowest BCUT2D eigenvalue weighted by Crippen LogP contribution is -2.83. The Balaban J connectivity index is 1.22. The van der Waals surface area contributed by atoms with Crippen molar-refractivity contribution in [2.75, 3.05) is 41.0 Å². The lowest BCUT2D eigenvalue weighted by molar-refractivity contribution is -0.952. The Labute approximate surface area is 233 Å². The van der Waals surface area contributed by atoms with Gasteiger partial charge in [0, 0.05) is 42.8 Å². The predicted molar refractivity (Wildman–Crippen MR) is 150 cm³/mol. The number of benzene rings is 2. The normalized spacial score (nSPS) is 40.8. The van der Waals surface area contributed by atoms with E-state index in [-0.39, 0.29) is 22.5 Å². The molecule has 0 N–H and O–H groups in total. The number of quaternary nitrogens is 1. The van der Waals surface area contributed by atoms with Gasteiger partial charge in [0.05, 0.1) is 51.9 Å². The summed E-state index contributed by atoms with van der Waals surface area (Å²) < 4.78 is 27.6. The number of likely N-dealkylation sites (tertiary alicyclic amines) is 1. The second kappa shape index (κ2) is 8.24. The van der Waals surface area contributed by atoms with Crippen LogP contribution in [0.1, 0.15) is 60.8 Å². The van der Waals surface area contributed by atoms with Crippen LogP contribution in [0, 0.1) is 24.2 Å². The number of ether oxygens (including phenoxy) is 4. The minimum Gasteiger partial charge on any atom is -0.493 e. The van der Waals surface area contributed by atoms with Crippen LogP contribution in [-0.4, -0.2) is 63.2 Å². The molecule has 2 aromatic rings. The number of piperidine rings is 1. The Morgan fingerprint density at radius 3 is 2.59 bits per heavy atom. The summed E-state index contributed by atoms with van der Waals surface area (Å²) in [5.74, 6) is 3.15. The molecule has 2 heterocycles. The highest BCUT2D eigenvalue weighted by molar-refractivity contribution is 5.63. The Bertz CT molecular complexity index is 1310. The molecule has 39 heavy (non-hydrogen) atoms. The molecule has 5 aliphatic carbocycles.